The van der Waals surface area contributed by atoms with Gasteiger partial charge in [-0.05, 0) is 36.6 Å². The summed E-state index contributed by atoms with van der Waals surface area (Å²) >= 11 is 0. The van der Waals surface area contributed by atoms with Gasteiger partial charge in [-0.2, -0.15) is 0 Å². The zero-order valence-electron chi connectivity index (χ0n) is 11.8. The molecular weight excluding hydrogens is 271 g/mol. The first-order chi connectivity index (χ1) is 10.0. The predicted molar refractivity (Wildman–Crippen MR) is 79.5 cm³/mol. The quantitative estimate of drug-likeness (QED) is 0.654. The normalized spacial score (nSPS) is 12.1. The molecule has 1 atom stereocenters. The zero-order chi connectivity index (χ0) is 15.2. The standard InChI is InChI=1S/C16H17FN2O2/c1-12(9-13-5-7-15(17)8-6-13)18-11-14-3-2-4-16(10-14)19(20)21/h2-8,10,12,18H,9,11H2,1H3. The summed E-state index contributed by atoms with van der Waals surface area (Å²) in [6, 6.07) is 13.2. The second kappa shape index (κ2) is 6.95. The monoisotopic (exact) mass is 288 g/mol. The lowest BCUT2D eigenvalue weighted by Gasteiger charge is -2.14. The Morgan fingerprint density at radius 2 is 1.90 bits per heavy atom. The van der Waals surface area contributed by atoms with E-state index in [4.69, 9.17) is 0 Å². The molecule has 0 radical (unpaired) electrons. The minimum Gasteiger partial charge on any atom is -0.310 e. The lowest BCUT2D eigenvalue weighted by Crippen LogP contribution is -2.27. The van der Waals surface area contributed by atoms with E-state index in [1.807, 2.05) is 13.0 Å². The lowest BCUT2D eigenvalue weighted by molar-refractivity contribution is -0.384. The number of nitro groups is 1. The van der Waals surface area contributed by atoms with Crippen molar-refractivity contribution in [2.75, 3.05) is 0 Å². The van der Waals surface area contributed by atoms with E-state index in [0.717, 1.165) is 17.5 Å². The maximum absolute atomic E-state index is 12.8. The molecule has 0 fully saturated rings. The number of rotatable bonds is 6. The Morgan fingerprint density at radius 3 is 2.57 bits per heavy atom. The highest BCUT2D eigenvalue weighted by Crippen LogP contribution is 2.13. The van der Waals surface area contributed by atoms with Crippen LogP contribution >= 0.6 is 0 Å². The average molecular weight is 288 g/mol. The highest BCUT2D eigenvalue weighted by atomic mass is 19.1. The first-order valence-corrected chi connectivity index (χ1v) is 6.76. The second-order valence-electron chi connectivity index (χ2n) is 5.04. The van der Waals surface area contributed by atoms with Crippen LogP contribution in [-0.2, 0) is 13.0 Å². The van der Waals surface area contributed by atoms with E-state index < -0.39 is 4.92 Å². The van der Waals surface area contributed by atoms with Gasteiger partial charge in [0.2, 0.25) is 0 Å². The maximum Gasteiger partial charge on any atom is 0.269 e. The van der Waals surface area contributed by atoms with Gasteiger partial charge in [0.05, 0.1) is 4.92 Å². The van der Waals surface area contributed by atoms with E-state index in [9.17, 15) is 14.5 Å². The molecule has 0 aliphatic rings. The molecule has 2 aromatic carbocycles. The number of non-ortho nitro benzene ring substituents is 1. The average Bonchev–Trinajstić information content (AvgIpc) is 2.48. The third-order valence-corrected chi connectivity index (χ3v) is 3.23. The van der Waals surface area contributed by atoms with Crippen molar-refractivity contribution in [3.05, 3.63) is 75.6 Å². The smallest absolute Gasteiger partial charge is 0.269 e. The van der Waals surface area contributed by atoms with Crippen LogP contribution in [0.15, 0.2) is 48.5 Å². The van der Waals surface area contributed by atoms with E-state index >= 15 is 0 Å². The van der Waals surface area contributed by atoms with Crippen molar-refractivity contribution >= 4 is 5.69 Å². The van der Waals surface area contributed by atoms with Crippen molar-refractivity contribution in [3.8, 4) is 0 Å². The van der Waals surface area contributed by atoms with E-state index in [0.29, 0.717) is 6.54 Å². The van der Waals surface area contributed by atoms with Gasteiger partial charge >= 0.3 is 0 Å². The minimum absolute atomic E-state index is 0.0977. The van der Waals surface area contributed by atoms with Gasteiger partial charge in [0.15, 0.2) is 0 Å². The van der Waals surface area contributed by atoms with Crippen molar-refractivity contribution in [2.24, 2.45) is 0 Å². The van der Waals surface area contributed by atoms with Crippen LogP contribution in [0, 0.1) is 15.9 Å². The number of hydrogen-bond acceptors (Lipinski definition) is 3. The van der Waals surface area contributed by atoms with Gasteiger partial charge in [0.25, 0.3) is 5.69 Å². The molecule has 1 N–H and O–H groups in total. The van der Waals surface area contributed by atoms with Crippen molar-refractivity contribution in [2.45, 2.75) is 25.9 Å². The molecule has 0 spiro atoms. The first kappa shape index (κ1) is 15.1. The third kappa shape index (κ3) is 4.65. The molecule has 5 heteroatoms. The van der Waals surface area contributed by atoms with Gasteiger partial charge in [-0.3, -0.25) is 10.1 Å². The number of hydrogen-bond donors (Lipinski definition) is 1. The van der Waals surface area contributed by atoms with Gasteiger partial charge in [0.1, 0.15) is 5.82 Å². The van der Waals surface area contributed by atoms with Crippen LogP contribution < -0.4 is 5.32 Å². The fourth-order valence-electron chi connectivity index (χ4n) is 2.12. The molecule has 0 aliphatic carbocycles. The summed E-state index contributed by atoms with van der Waals surface area (Å²) in [4.78, 5) is 10.3. The van der Waals surface area contributed by atoms with Crippen LogP contribution in [0.25, 0.3) is 0 Å². The van der Waals surface area contributed by atoms with Crippen molar-refractivity contribution < 1.29 is 9.31 Å². The molecule has 0 bridgehead atoms. The summed E-state index contributed by atoms with van der Waals surface area (Å²) in [5.74, 6) is -0.240. The molecule has 110 valence electrons. The number of nitrogens with one attached hydrogen (secondary N) is 1. The molecule has 4 nitrogen and oxygen atoms in total. The molecule has 2 aromatic rings. The fraction of sp³-hybridized carbons (Fsp3) is 0.250. The topological polar surface area (TPSA) is 55.2 Å². The Labute approximate surface area is 122 Å². The molecule has 0 saturated heterocycles. The molecule has 1 unspecified atom stereocenters. The van der Waals surface area contributed by atoms with Crippen molar-refractivity contribution in [1.29, 1.82) is 0 Å². The molecule has 0 saturated carbocycles. The van der Waals surface area contributed by atoms with Crippen LogP contribution in [0.5, 0.6) is 0 Å². The van der Waals surface area contributed by atoms with Gasteiger partial charge in [-0.25, -0.2) is 4.39 Å². The van der Waals surface area contributed by atoms with Crippen LogP contribution in [0.1, 0.15) is 18.1 Å². The molecule has 2 rings (SSSR count). The Balaban J connectivity index is 1.89. The fourth-order valence-corrected chi connectivity index (χ4v) is 2.12. The van der Waals surface area contributed by atoms with Crippen LogP contribution in [-0.4, -0.2) is 11.0 Å². The molecule has 21 heavy (non-hydrogen) atoms. The summed E-state index contributed by atoms with van der Waals surface area (Å²) in [7, 11) is 0. The minimum atomic E-state index is -0.397. The SMILES string of the molecule is CC(Cc1ccc(F)cc1)NCc1cccc([N+](=O)[O-])c1. The van der Waals surface area contributed by atoms with E-state index in [-0.39, 0.29) is 17.5 Å². The highest BCUT2D eigenvalue weighted by Gasteiger charge is 2.07. The summed E-state index contributed by atoms with van der Waals surface area (Å²) < 4.78 is 12.8. The zero-order valence-corrected chi connectivity index (χ0v) is 11.8. The first-order valence-electron chi connectivity index (χ1n) is 6.76. The van der Waals surface area contributed by atoms with E-state index in [1.165, 1.54) is 18.2 Å². The van der Waals surface area contributed by atoms with Gasteiger partial charge < -0.3 is 5.32 Å². The number of nitrogens with zero attached hydrogens (tertiary/aromatic N) is 1. The molecule has 0 heterocycles. The van der Waals surface area contributed by atoms with Crippen LogP contribution in [0.2, 0.25) is 0 Å². The Bertz CT molecular complexity index is 614. The summed E-state index contributed by atoms with van der Waals surface area (Å²) in [6.07, 6.45) is 0.773. The largest absolute Gasteiger partial charge is 0.310 e. The van der Waals surface area contributed by atoms with Crippen LogP contribution in [0.3, 0.4) is 0 Å². The molecule has 0 amide bonds. The Morgan fingerprint density at radius 1 is 1.19 bits per heavy atom. The van der Waals surface area contributed by atoms with Gasteiger partial charge in [-0.15, -0.1) is 0 Å². The third-order valence-electron chi connectivity index (χ3n) is 3.23. The van der Waals surface area contributed by atoms with E-state index in [1.54, 1.807) is 24.3 Å². The van der Waals surface area contributed by atoms with Crippen LogP contribution in [0.4, 0.5) is 10.1 Å². The van der Waals surface area contributed by atoms with Gasteiger partial charge in [0, 0.05) is 24.7 Å². The van der Waals surface area contributed by atoms with E-state index in [2.05, 4.69) is 5.32 Å². The Hall–Kier alpha value is -2.27. The predicted octanol–water partition coefficient (Wildman–Crippen LogP) is 3.45. The number of benzene rings is 2. The van der Waals surface area contributed by atoms with Gasteiger partial charge in [-0.1, -0.05) is 24.3 Å². The summed E-state index contributed by atoms with van der Waals surface area (Å²) in [6.45, 7) is 2.59. The molecule has 0 aromatic heterocycles. The summed E-state index contributed by atoms with van der Waals surface area (Å²) in [5, 5.41) is 14.0. The lowest BCUT2D eigenvalue weighted by atomic mass is 10.1. The number of nitro benzene ring substituents is 1. The number of halogens is 1. The second-order valence-corrected chi connectivity index (χ2v) is 5.04. The summed E-state index contributed by atoms with van der Waals surface area (Å²) in [5.41, 5.74) is 2.02. The van der Waals surface area contributed by atoms with Crippen molar-refractivity contribution in [3.63, 3.8) is 0 Å². The maximum atomic E-state index is 12.8. The Kier molecular flexibility index (Phi) is 5.00. The highest BCUT2D eigenvalue weighted by molar-refractivity contribution is 5.34. The molecule has 0 aliphatic heterocycles. The molecular formula is C16H17FN2O2. The van der Waals surface area contributed by atoms with Crippen molar-refractivity contribution in [1.82, 2.24) is 5.32 Å².